The lowest BCUT2D eigenvalue weighted by atomic mass is 10.1. The van der Waals surface area contributed by atoms with E-state index < -0.39 is 0 Å². The molecule has 8 nitrogen and oxygen atoms in total. The van der Waals surface area contributed by atoms with E-state index >= 15 is 0 Å². The van der Waals surface area contributed by atoms with E-state index in [1.165, 1.54) is 6.33 Å². The maximum atomic E-state index is 12.9. The molecule has 1 fully saturated rings. The Hall–Kier alpha value is -2.92. The van der Waals surface area contributed by atoms with Crippen molar-refractivity contribution in [2.75, 3.05) is 38.7 Å². The number of aromatic amines is 1. The summed E-state index contributed by atoms with van der Waals surface area (Å²) in [7, 11) is 3.75. The summed E-state index contributed by atoms with van der Waals surface area (Å²) < 4.78 is 5.66. The second kappa shape index (κ2) is 6.68. The fraction of sp³-hybridized carbons (Fsp3) is 0.375. The quantitative estimate of drug-likeness (QED) is 0.902. The van der Waals surface area contributed by atoms with Gasteiger partial charge in [0.05, 0.1) is 24.8 Å². The predicted molar refractivity (Wildman–Crippen MR) is 86.5 cm³/mol. The van der Waals surface area contributed by atoms with Crippen LogP contribution in [0.4, 0.5) is 5.69 Å². The van der Waals surface area contributed by atoms with Gasteiger partial charge in [0.1, 0.15) is 12.4 Å². The third-order valence-corrected chi connectivity index (χ3v) is 3.90. The van der Waals surface area contributed by atoms with Crippen molar-refractivity contribution in [1.82, 2.24) is 20.1 Å². The number of nitrogens with zero attached hydrogens (tertiary/aromatic N) is 5. The van der Waals surface area contributed by atoms with Gasteiger partial charge in [-0.2, -0.15) is 10.4 Å². The van der Waals surface area contributed by atoms with E-state index in [1.54, 1.807) is 23.1 Å². The van der Waals surface area contributed by atoms with Crippen LogP contribution in [0.1, 0.15) is 27.8 Å². The number of rotatable bonds is 3. The lowest BCUT2D eigenvalue weighted by Crippen LogP contribution is -2.42. The average molecular weight is 326 g/mol. The first-order valence-corrected chi connectivity index (χ1v) is 7.57. The molecule has 1 saturated heterocycles. The number of ether oxygens (including phenoxy) is 1. The molecular formula is C16H18N6O2. The number of nitrogens with one attached hydrogen (secondary N) is 1. The minimum absolute atomic E-state index is 0.122. The van der Waals surface area contributed by atoms with Crippen LogP contribution >= 0.6 is 0 Å². The molecule has 0 saturated carbocycles. The van der Waals surface area contributed by atoms with E-state index in [2.05, 4.69) is 21.3 Å². The molecule has 1 aliphatic rings. The van der Waals surface area contributed by atoms with Gasteiger partial charge < -0.3 is 14.5 Å². The number of morpholine rings is 1. The lowest BCUT2D eigenvalue weighted by molar-refractivity contribution is -0.0266. The summed E-state index contributed by atoms with van der Waals surface area (Å²) in [6.07, 6.45) is 1.09. The molecular weight excluding hydrogens is 308 g/mol. The second-order valence-electron chi connectivity index (χ2n) is 5.76. The second-order valence-corrected chi connectivity index (χ2v) is 5.76. The van der Waals surface area contributed by atoms with Crippen molar-refractivity contribution in [3.8, 4) is 6.07 Å². The first-order valence-electron chi connectivity index (χ1n) is 7.57. The van der Waals surface area contributed by atoms with Crippen LogP contribution < -0.4 is 4.90 Å². The van der Waals surface area contributed by atoms with Crippen LogP contribution in [0.15, 0.2) is 24.5 Å². The number of anilines is 1. The molecule has 1 unspecified atom stereocenters. The molecule has 24 heavy (non-hydrogen) atoms. The summed E-state index contributed by atoms with van der Waals surface area (Å²) in [6.45, 7) is 1.31. The van der Waals surface area contributed by atoms with Crippen LogP contribution in [0.2, 0.25) is 0 Å². The Morgan fingerprint density at radius 2 is 2.29 bits per heavy atom. The summed E-state index contributed by atoms with van der Waals surface area (Å²) >= 11 is 0. The Morgan fingerprint density at radius 3 is 2.96 bits per heavy atom. The molecule has 124 valence electrons. The largest absolute Gasteiger partial charge is 0.378 e. The highest BCUT2D eigenvalue weighted by atomic mass is 16.5. The van der Waals surface area contributed by atoms with Crippen LogP contribution in [0.25, 0.3) is 0 Å². The third kappa shape index (κ3) is 3.21. The molecule has 0 aliphatic carbocycles. The Kier molecular flexibility index (Phi) is 4.44. The molecule has 1 aromatic heterocycles. The van der Waals surface area contributed by atoms with E-state index in [9.17, 15) is 10.1 Å². The van der Waals surface area contributed by atoms with Crippen molar-refractivity contribution >= 4 is 11.6 Å². The minimum atomic E-state index is -0.322. The highest BCUT2D eigenvalue weighted by molar-refractivity contribution is 5.95. The SMILES string of the molecule is CN(C)c1cc(C#N)cc(C(=O)N2CCOC(c3ncn[nH]3)C2)c1. The van der Waals surface area contributed by atoms with Crippen LogP contribution in [0.5, 0.6) is 0 Å². The molecule has 1 N–H and O–H groups in total. The van der Waals surface area contributed by atoms with Gasteiger partial charge in [-0.15, -0.1) is 0 Å². The van der Waals surface area contributed by atoms with Gasteiger partial charge in [0.25, 0.3) is 5.91 Å². The minimum Gasteiger partial charge on any atom is -0.378 e. The first-order chi connectivity index (χ1) is 11.6. The highest BCUT2D eigenvalue weighted by Gasteiger charge is 2.28. The Balaban J connectivity index is 1.83. The summed E-state index contributed by atoms with van der Waals surface area (Å²) in [5.74, 6) is 0.482. The van der Waals surface area contributed by atoms with Gasteiger partial charge >= 0.3 is 0 Å². The van der Waals surface area contributed by atoms with Crippen LogP contribution in [-0.4, -0.2) is 59.8 Å². The van der Waals surface area contributed by atoms with Crippen molar-refractivity contribution in [1.29, 1.82) is 5.26 Å². The number of H-pyrrole nitrogens is 1. The van der Waals surface area contributed by atoms with Crippen molar-refractivity contribution in [3.63, 3.8) is 0 Å². The predicted octanol–water partition coefficient (Wildman–Crippen LogP) is 0.956. The van der Waals surface area contributed by atoms with Gasteiger partial charge in [0.2, 0.25) is 0 Å². The fourth-order valence-electron chi connectivity index (χ4n) is 2.61. The number of aromatic nitrogens is 3. The monoisotopic (exact) mass is 326 g/mol. The van der Waals surface area contributed by atoms with Gasteiger partial charge in [0.15, 0.2) is 5.82 Å². The fourth-order valence-corrected chi connectivity index (χ4v) is 2.61. The van der Waals surface area contributed by atoms with Crippen molar-refractivity contribution < 1.29 is 9.53 Å². The normalized spacial score (nSPS) is 17.4. The maximum absolute atomic E-state index is 12.9. The van der Waals surface area contributed by atoms with Gasteiger partial charge in [0, 0.05) is 31.9 Å². The number of carbonyl (C=O) groups excluding carboxylic acids is 1. The molecule has 0 spiro atoms. The molecule has 0 radical (unpaired) electrons. The smallest absolute Gasteiger partial charge is 0.254 e. The molecule has 1 aliphatic heterocycles. The number of amides is 1. The Bertz CT molecular complexity index is 765. The van der Waals surface area contributed by atoms with Crippen LogP contribution in [0, 0.1) is 11.3 Å². The van der Waals surface area contributed by atoms with Gasteiger partial charge in [-0.25, -0.2) is 4.98 Å². The molecule has 3 rings (SSSR count). The van der Waals surface area contributed by atoms with Crippen molar-refractivity contribution in [2.45, 2.75) is 6.10 Å². The van der Waals surface area contributed by atoms with Crippen molar-refractivity contribution in [3.05, 3.63) is 41.5 Å². The maximum Gasteiger partial charge on any atom is 0.254 e. The van der Waals surface area contributed by atoms with E-state index in [4.69, 9.17) is 4.74 Å². The average Bonchev–Trinajstić information content (AvgIpc) is 3.15. The standard InChI is InChI=1S/C16H18N6O2/c1-21(2)13-6-11(8-17)5-12(7-13)16(23)22-3-4-24-14(9-22)15-18-10-19-20-15/h5-7,10,14H,3-4,9H2,1-2H3,(H,18,19,20). The molecule has 2 aromatic rings. The molecule has 1 amide bonds. The third-order valence-electron chi connectivity index (χ3n) is 3.90. The number of carbonyl (C=O) groups is 1. The van der Waals surface area contributed by atoms with E-state index in [0.717, 1.165) is 5.69 Å². The molecule has 1 aromatic carbocycles. The summed E-state index contributed by atoms with van der Waals surface area (Å²) in [5.41, 5.74) is 1.78. The molecule has 2 heterocycles. The number of benzene rings is 1. The molecule has 0 bridgehead atoms. The summed E-state index contributed by atoms with van der Waals surface area (Å²) in [6, 6.07) is 7.28. The number of nitriles is 1. The Morgan fingerprint density at radius 1 is 1.46 bits per heavy atom. The topological polar surface area (TPSA) is 98.1 Å². The Labute approximate surface area is 139 Å². The van der Waals surface area contributed by atoms with Crippen LogP contribution in [0.3, 0.4) is 0 Å². The van der Waals surface area contributed by atoms with Crippen LogP contribution in [-0.2, 0) is 4.74 Å². The molecule has 8 heteroatoms. The first kappa shape index (κ1) is 16.0. The zero-order valence-corrected chi connectivity index (χ0v) is 13.6. The van der Waals surface area contributed by atoms with E-state index in [-0.39, 0.29) is 12.0 Å². The highest BCUT2D eigenvalue weighted by Crippen LogP contribution is 2.22. The van der Waals surface area contributed by atoms with Crippen molar-refractivity contribution in [2.24, 2.45) is 0 Å². The molecule has 1 atom stereocenters. The van der Waals surface area contributed by atoms with Gasteiger partial charge in [-0.05, 0) is 18.2 Å². The summed E-state index contributed by atoms with van der Waals surface area (Å²) in [5, 5.41) is 15.8. The van der Waals surface area contributed by atoms with Gasteiger partial charge in [-0.3, -0.25) is 9.89 Å². The number of hydrogen-bond donors (Lipinski definition) is 1. The van der Waals surface area contributed by atoms with E-state index in [0.29, 0.717) is 36.6 Å². The van der Waals surface area contributed by atoms with Gasteiger partial charge in [-0.1, -0.05) is 0 Å². The summed E-state index contributed by atoms with van der Waals surface area (Å²) in [4.78, 5) is 20.5. The lowest BCUT2D eigenvalue weighted by Gasteiger charge is -2.32. The number of hydrogen-bond acceptors (Lipinski definition) is 6. The van der Waals surface area contributed by atoms with E-state index in [1.807, 2.05) is 19.0 Å². The zero-order valence-electron chi connectivity index (χ0n) is 13.6. The zero-order chi connectivity index (χ0) is 17.1.